The molecule has 0 aliphatic carbocycles. The summed E-state index contributed by atoms with van der Waals surface area (Å²) < 4.78 is 5.55. The lowest BCUT2D eigenvalue weighted by atomic mass is 10.2. The maximum absolute atomic E-state index is 5.98. The average Bonchev–Trinajstić information content (AvgIpc) is 2.31. The van der Waals surface area contributed by atoms with E-state index in [0.29, 0.717) is 22.4 Å². The molecule has 0 aromatic heterocycles. The molecule has 17 heavy (non-hydrogen) atoms. The second-order valence-corrected chi connectivity index (χ2v) is 4.67. The highest BCUT2D eigenvalue weighted by Gasteiger charge is 2.05. The lowest BCUT2D eigenvalue weighted by Crippen LogP contribution is -2.22. The number of hydrogen-bond donors (Lipinski definition) is 1. The van der Waals surface area contributed by atoms with Gasteiger partial charge in [0, 0.05) is 6.54 Å². The SMILES string of the molecule is CCCCCNCCOc1c(Cl)cccc1Cl. The second kappa shape index (κ2) is 8.62. The fourth-order valence-electron chi connectivity index (χ4n) is 1.47. The summed E-state index contributed by atoms with van der Waals surface area (Å²) in [6.45, 7) is 4.62. The van der Waals surface area contributed by atoms with Crippen LogP contribution in [0.1, 0.15) is 26.2 Å². The Kier molecular flexibility index (Phi) is 7.41. The van der Waals surface area contributed by atoms with Gasteiger partial charge in [-0.15, -0.1) is 0 Å². The third-order valence-electron chi connectivity index (χ3n) is 2.40. The molecule has 0 amide bonds. The molecule has 96 valence electrons. The zero-order valence-electron chi connectivity index (χ0n) is 10.1. The van der Waals surface area contributed by atoms with E-state index in [1.54, 1.807) is 18.2 Å². The number of ether oxygens (including phenoxy) is 1. The average molecular weight is 276 g/mol. The van der Waals surface area contributed by atoms with Crippen LogP contribution < -0.4 is 10.1 Å². The number of unbranched alkanes of at least 4 members (excludes halogenated alkanes) is 2. The van der Waals surface area contributed by atoms with E-state index < -0.39 is 0 Å². The molecule has 0 aliphatic rings. The van der Waals surface area contributed by atoms with Crippen LogP contribution in [0.4, 0.5) is 0 Å². The Morgan fingerprint density at radius 3 is 2.47 bits per heavy atom. The molecule has 2 nitrogen and oxygen atoms in total. The molecular weight excluding hydrogens is 257 g/mol. The standard InChI is InChI=1S/C13H19Cl2NO/c1-2-3-4-8-16-9-10-17-13-11(14)6-5-7-12(13)15/h5-7,16H,2-4,8-10H2,1H3. The molecule has 1 aromatic carbocycles. The van der Waals surface area contributed by atoms with Gasteiger partial charge in [-0.1, -0.05) is 49.0 Å². The second-order valence-electron chi connectivity index (χ2n) is 3.86. The van der Waals surface area contributed by atoms with E-state index in [4.69, 9.17) is 27.9 Å². The highest BCUT2D eigenvalue weighted by Crippen LogP contribution is 2.32. The van der Waals surface area contributed by atoms with Crippen molar-refractivity contribution in [1.82, 2.24) is 5.32 Å². The zero-order valence-corrected chi connectivity index (χ0v) is 11.7. The molecule has 1 aromatic rings. The number of nitrogens with one attached hydrogen (secondary N) is 1. The predicted molar refractivity (Wildman–Crippen MR) is 74.4 cm³/mol. The van der Waals surface area contributed by atoms with Gasteiger partial charge in [-0.25, -0.2) is 0 Å². The summed E-state index contributed by atoms with van der Waals surface area (Å²) in [7, 11) is 0. The number of halogens is 2. The third kappa shape index (κ3) is 5.62. The normalized spacial score (nSPS) is 10.5. The number of rotatable bonds is 8. The lowest BCUT2D eigenvalue weighted by Gasteiger charge is -2.10. The lowest BCUT2D eigenvalue weighted by molar-refractivity contribution is 0.314. The monoisotopic (exact) mass is 275 g/mol. The van der Waals surface area contributed by atoms with Gasteiger partial charge in [0.2, 0.25) is 0 Å². The summed E-state index contributed by atoms with van der Waals surface area (Å²) in [6.07, 6.45) is 3.72. The van der Waals surface area contributed by atoms with Crippen LogP contribution in [0.3, 0.4) is 0 Å². The molecule has 0 atom stereocenters. The third-order valence-corrected chi connectivity index (χ3v) is 3.00. The number of para-hydroxylation sites is 1. The van der Waals surface area contributed by atoms with Crippen molar-refractivity contribution >= 4 is 23.2 Å². The van der Waals surface area contributed by atoms with E-state index >= 15 is 0 Å². The van der Waals surface area contributed by atoms with Gasteiger partial charge in [-0.3, -0.25) is 0 Å². The first-order chi connectivity index (χ1) is 8.25. The van der Waals surface area contributed by atoms with Crippen LogP contribution in [0, 0.1) is 0 Å². The van der Waals surface area contributed by atoms with E-state index in [2.05, 4.69) is 12.2 Å². The molecule has 4 heteroatoms. The fourth-order valence-corrected chi connectivity index (χ4v) is 1.98. The van der Waals surface area contributed by atoms with E-state index in [1.165, 1.54) is 19.3 Å². The van der Waals surface area contributed by atoms with Crippen molar-refractivity contribution in [3.8, 4) is 5.75 Å². The van der Waals surface area contributed by atoms with Crippen molar-refractivity contribution in [1.29, 1.82) is 0 Å². The molecule has 0 saturated heterocycles. The van der Waals surface area contributed by atoms with Crippen LogP contribution >= 0.6 is 23.2 Å². The van der Waals surface area contributed by atoms with Crippen molar-refractivity contribution in [2.45, 2.75) is 26.2 Å². The summed E-state index contributed by atoms with van der Waals surface area (Å²) >= 11 is 12.0. The first-order valence-electron chi connectivity index (χ1n) is 6.03. The maximum Gasteiger partial charge on any atom is 0.156 e. The summed E-state index contributed by atoms with van der Waals surface area (Å²) in [5.41, 5.74) is 0. The molecule has 0 saturated carbocycles. The van der Waals surface area contributed by atoms with Crippen LogP contribution in [0.15, 0.2) is 18.2 Å². The van der Waals surface area contributed by atoms with Gasteiger partial charge in [0.25, 0.3) is 0 Å². The fraction of sp³-hybridized carbons (Fsp3) is 0.538. The zero-order chi connectivity index (χ0) is 12.5. The van der Waals surface area contributed by atoms with Crippen molar-refractivity contribution in [2.24, 2.45) is 0 Å². The Morgan fingerprint density at radius 2 is 1.82 bits per heavy atom. The maximum atomic E-state index is 5.98. The molecule has 0 radical (unpaired) electrons. The van der Waals surface area contributed by atoms with Crippen molar-refractivity contribution in [3.63, 3.8) is 0 Å². The Labute approximate surface area is 113 Å². The molecule has 1 N–H and O–H groups in total. The molecule has 0 spiro atoms. The van der Waals surface area contributed by atoms with Crippen LogP contribution in [-0.4, -0.2) is 19.7 Å². The molecule has 0 aliphatic heterocycles. The number of hydrogen-bond acceptors (Lipinski definition) is 2. The van der Waals surface area contributed by atoms with Gasteiger partial charge in [0.15, 0.2) is 5.75 Å². The molecule has 0 heterocycles. The summed E-state index contributed by atoms with van der Waals surface area (Å²) in [6, 6.07) is 5.36. The first kappa shape index (κ1) is 14.6. The van der Waals surface area contributed by atoms with Crippen molar-refractivity contribution in [3.05, 3.63) is 28.2 Å². The Hall–Kier alpha value is -0.440. The van der Waals surface area contributed by atoms with Crippen LogP contribution in [0.2, 0.25) is 10.0 Å². The Morgan fingerprint density at radius 1 is 1.12 bits per heavy atom. The van der Waals surface area contributed by atoms with Crippen LogP contribution in [-0.2, 0) is 0 Å². The summed E-state index contributed by atoms with van der Waals surface area (Å²) in [4.78, 5) is 0. The van der Waals surface area contributed by atoms with Gasteiger partial charge < -0.3 is 10.1 Å². The predicted octanol–water partition coefficient (Wildman–Crippen LogP) is 4.15. The van der Waals surface area contributed by atoms with Crippen molar-refractivity contribution < 1.29 is 4.74 Å². The topological polar surface area (TPSA) is 21.3 Å². The quantitative estimate of drug-likeness (QED) is 0.720. The minimum Gasteiger partial charge on any atom is -0.489 e. The molecule has 0 bridgehead atoms. The largest absolute Gasteiger partial charge is 0.489 e. The van der Waals surface area contributed by atoms with Gasteiger partial charge >= 0.3 is 0 Å². The van der Waals surface area contributed by atoms with Gasteiger partial charge in [-0.2, -0.15) is 0 Å². The van der Waals surface area contributed by atoms with E-state index in [0.717, 1.165) is 13.1 Å². The smallest absolute Gasteiger partial charge is 0.156 e. The van der Waals surface area contributed by atoms with Gasteiger partial charge in [0.1, 0.15) is 6.61 Å². The van der Waals surface area contributed by atoms with Crippen LogP contribution in [0.5, 0.6) is 5.75 Å². The minimum atomic E-state index is 0.559. The summed E-state index contributed by atoms with van der Waals surface area (Å²) in [5, 5.41) is 4.44. The molecule has 1 rings (SSSR count). The van der Waals surface area contributed by atoms with Gasteiger partial charge in [-0.05, 0) is 25.1 Å². The number of benzene rings is 1. The Bertz CT molecular complexity index is 311. The summed E-state index contributed by atoms with van der Waals surface area (Å²) in [5.74, 6) is 0.575. The van der Waals surface area contributed by atoms with Gasteiger partial charge in [0.05, 0.1) is 10.0 Å². The van der Waals surface area contributed by atoms with E-state index in [-0.39, 0.29) is 0 Å². The first-order valence-corrected chi connectivity index (χ1v) is 6.78. The highest BCUT2D eigenvalue weighted by atomic mass is 35.5. The highest BCUT2D eigenvalue weighted by molar-refractivity contribution is 6.37. The minimum absolute atomic E-state index is 0.559. The molecule has 0 unspecified atom stereocenters. The van der Waals surface area contributed by atoms with Crippen LogP contribution in [0.25, 0.3) is 0 Å². The molecular formula is C13H19Cl2NO. The van der Waals surface area contributed by atoms with E-state index in [9.17, 15) is 0 Å². The Balaban J connectivity index is 2.18. The van der Waals surface area contributed by atoms with E-state index in [1.807, 2.05) is 0 Å². The van der Waals surface area contributed by atoms with Crippen molar-refractivity contribution in [2.75, 3.05) is 19.7 Å². The molecule has 0 fully saturated rings.